The van der Waals surface area contributed by atoms with E-state index in [1.165, 1.54) is 20.3 Å². The highest BCUT2D eigenvalue weighted by molar-refractivity contribution is 5.98. The lowest BCUT2D eigenvalue weighted by Gasteiger charge is -2.16. The smallest absolute Gasteiger partial charge is 0.422 e. The number of rotatable bonds is 7. The quantitative estimate of drug-likeness (QED) is 0.403. The molecule has 0 unspecified atom stereocenters. The summed E-state index contributed by atoms with van der Waals surface area (Å²) in [5.74, 6) is -0.650. The minimum Gasteiger partial charge on any atom is -0.493 e. The molecule has 2 aromatic rings. The van der Waals surface area contributed by atoms with Gasteiger partial charge in [-0.3, -0.25) is 10.1 Å². The Hall–Kier alpha value is -3.70. The van der Waals surface area contributed by atoms with Crippen LogP contribution in [0.1, 0.15) is 22.1 Å². The number of cyclic esters (lactones) is 1. The number of nitro benzene ring substituents is 1. The molecule has 0 aliphatic carbocycles. The Bertz CT molecular complexity index is 994. The zero-order valence-corrected chi connectivity index (χ0v) is 15.6. The lowest BCUT2D eigenvalue weighted by molar-refractivity contribution is -0.384. The molecule has 1 aliphatic rings. The van der Waals surface area contributed by atoms with Gasteiger partial charge < -0.3 is 24.3 Å². The molecule has 0 saturated carbocycles. The SMILES string of the molecule is COc1ccc2c(c1OC)C(=O)O[C@@H]2Nc1cc(OCC(F)(F)F)cc([N+](=O)[O-])c1. The van der Waals surface area contributed by atoms with Crippen LogP contribution in [0.5, 0.6) is 17.2 Å². The van der Waals surface area contributed by atoms with E-state index in [9.17, 15) is 28.1 Å². The molecule has 3 rings (SSSR count). The predicted octanol–water partition coefficient (Wildman–Crippen LogP) is 3.83. The fourth-order valence-corrected chi connectivity index (χ4v) is 2.88. The molecule has 1 aliphatic heterocycles. The summed E-state index contributed by atoms with van der Waals surface area (Å²) in [5, 5.41) is 13.9. The fraction of sp³-hybridized carbons (Fsp3) is 0.278. The molecule has 0 amide bonds. The van der Waals surface area contributed by atoms with Crippen molar-refractivity contribution in [1.82, 2.24) is 0 Å². The van der Waals surface area contributed by atoms with Crippen molar-refractivity contribution >= 4 is 17.3 Å². The molecule has 9 nitrogen and oxygen atoms in total. The number of fused-ring (bicyclic) bond motifs is 1. The zero-order valence-electron chi connectivity index (χ0n) is 15.6. The molecule has 1 N–H and O–H groups in total. The van der Waals surface area contributed by atoms with Crippen molar-refractivity contribution in [1.29, 1.82) is 0 Å². The number of nitro groups is 1. The lowest BCUT2D eigenvalue weighted by Crippen LogP contribution is -2.19. The van der Waals surface area contributed by atoms with E-state index in [1.54, 1.807) is 6.07 Å². The largest absolute Gasteiger partial charge is 0.493 e. The molecule has 0 bridgehead atoms. The van der Waals surface area contributed by atoms with Crippen LogP contribution in [-0.2, 0) is 4.74 Å². The van der Waals surface area contributed by atoms with E-state index in [4.69, 9.17) is 14.2 Å². The van der Waals surface area contributed by atoms with Crippen LogP contribution in [0.15, 0.2) is 30.3 Å². The number of hydrogen-bond acceptors (Lipinski definition) is 8. The Labute approximate surface area is 167 Å². The number of methoxy groups -OCH3 is 2. The molecule has 0 radical (unpaired) electrons. The standard InChI is InChI=1S/C18H15F3N2O7/c1-27-13-4-3-12-14(15(13)28-2)17(24)30-16(12)22-9-5-10(23(25)26)7-11(6-9)29-8-18(19,20)21/h3-7,16,22H,8H2,1-2H3/t16-/m0/s1. The van der Waals surface area contributed by atoms with E-state index in [1.807, 2.05) is 0 Å². The van der Waals surface area contributed by atoms with Gasteiger partial charge in [0.2, 0.25) is 6.23 Å². The van der Waals surface area contributed by atoms with Gasteiger partial charge in [-0.2, -0.15) is 13.2 Å². The van der Waals surface area contributed by atoms with Gasteiger partial charge in [0.1, 0.15) is 11.3 Å². The fourth-order valence-electron chi connectivity index (χ4n) is 2.88. The van der Waals surface area contributed by atoms with Crippen molar-refractivity contribution in [2.45, 2.75) is 12.4 Å². The summed E-state index contributed by atoms with van der Waals surface area (Å²) in [6, 6.07) is 6.15. The van der Waals surface area contributed by atoms with Crippen molar-refractivity contribution in [3.05, 3.63) is 51.6 Å². The maximum atomic E-state index is 12.4. The normalized spacial score (nSPS) is 15.2. The van der Waals surface area contributed by atoms with E-state index >= 15 is 0 Å². The summed E-state index contributed by atoms with van der Waals surface area (Å²) >= 11 is 0. The lowest BCUT2D eigenvalue weighted by atomic mass is 10.1. The molecule has 1 heterocycles. The van der Waals surface area contributed by atoms with Crippen LogP contribution in [0.4, 0.5) is 24.5 Å². The average molecular weight is 428 g/mol. The Morgan fingerprint density at radius 1 is 1.20 bits per heavy atom. The molecule has 0 saturated heterocycles. The van der Waals surface area contributed by atoms with Gasteiger partial charge in [0.25, 0.3) is 5.69 Å². The minimum absolute atomic E-state index is 0.0156. The van der Waals surface area contributed by atoms with Crippen molar-refractivity contribution in [2.75, 3.05) is 26.1 Å². The second kappa shape index (κ2) is 7.97. The number of alkyl halides is 3. The number of carbonyl (C=O) groups excluding carboxylic acids is 1. The monoisotopic (exact) mass is 428 g/mol. The molecule has 30 heavy (non-hydrogen) atoms. The van der Waals surface area contributed by atoms with E-state index in [0.29, 0.717) is 11.3 Å². The molecule has 160 valence electrons. The summed E-state index contributed by atoms with van der Waals surface area (Å²) in [5.41, 5.74) is -0.0221. The first kappa shape index (κ1) is 21.0. The van der Waals surface area contributed by atoms with Crippen LogP contribution in [0.2, 0.25) is 0 Å². The first-order valence-corrected chi connectivity index (χ1v) is 8.34. The third-order valence-corrected chi connectivity index (χ3v) is 4.09. The number of ether oxygens (including phenoxy) is 4. The number of benzene rings is 2. The number of nitrogens with one attached hydrogen (secondary N) is 1. The highest BCUT2D eigenvalue weighted by Gasteiger charge is 2.36. The van der Waals surface area contributed by atoms with E-state index < -0.39 is 35.6 Å². The second-order valence-corrected chi connectivity index (χ2v) is 6.07. The van der Waals surface area contributed by atoms with Gasteiger partial charge in [0.05, 0.1) is 25.2 Å². The molecule has 1 atom stereocenters. The number of nitrogens with zero attached hydrogens (tertiary/aromatic N) is 1. The van der Waals surface area contributed by atoms with E-state index in [0.717, 1.165) is 18.2 Å². The van der Waals surface area contributed by atoms with Gasteiger partial charge in [-0.25, -0.2) is 4.79 Å². The zero-order chi connectivity index (χ0) is 22.1. The highest BCUT2D eigenvalue weighted by atomic mass is 19.4. The summed E-state index contributed by atoms with van der Waals surface area (Å²) < 4.78 is 57.5. The Kier molecular flexibility index (Phi) is 5.58. The first-order valence-electron chi connectivity index (χ1n) is 8.34. The van der Waals surface area contributed by atoms with Crippen molar-refractivity contribution in [3.8, 4) is 17.2 Å². The number of hydrogen-bond donors (Lipinski definition) is 1. The summed E-state index contributed by atoms with van der Waals surface area (Å²) in [4.78, 5) is 22.7. The minimum atomic E-state index is -4.62. The molecular formula is C18H15F3N2O7. The van der Waals surface area contributed by atoms with Gasteiger partial charge in [-0.1, -0.05) is 0 Å². The van der Waals surface area contributed by atoms with Gasteiger partial charge >= 0.3 is 12.1 Å². The first-order chi connectivity index (χ1) is 14.1. The van der Waals surface area contributed by atoms with Crippen LogP contribution in [-0.4, -0.2) is 37.9 Å². The second-order valence-electron chi connectivity index (χ2n) is 6.07. The maximum Gasteiger partial charge on any atom is 0.422 e. The van der Waals surface area contributed by atoms with Crippen LogP contribution in [0, 0.1) is 10.1 Å². The van der Waals surface area contributed by atoms with Crippen molar-refractivity contribution < 1.29 is 41.8 Å². The third kappa shape index (κ3) is 4.31. The molecule has 0 spiro atoms. The molecule has 0 aromatic heterocycles. The molecule has 0 fully saturated rings. The summed E-state index contributed by atoms with van der Waals surface area (Å²) in [7, 11) is 2.74. The highest BCUT2D eigenvalue weighted by Crippen LogP contribution is 2.42. The number of anilines is 1. The predicted molar refractivity (Wildman–Crippen MR) is 96.0 cm³/mol. The van der Waals surface area contributed by atoms with E-state index in [2.05, 4.69) is 10.1 Å². The van der Waals surface area contributed by atoms with Crippen LogP contribution in [0.25, 0.3) is 0 Å². The van der Waals surface area contributed by atoms with Crippen LogP contribution in [0.3, 0.4) is 0 Å². The topological polar surface area (TPSA) is 109 Å². The Morgan fingerprint density at radius 3 is 2.53 bits per heavy atom. The molecule has 12 heteroatoms. The molecule has 2 aromatic carbocycles. The van der Waals surface area contributed by atoms with Gasteiger partial charge in [0, 0.05) is 23.4 Å². The Morgan fingerprint density at radius 2 is 1.93 bits per heavy atom. The van der Waals surface area contributed by atoms with E-state index in [-0.39, 0.29) is 22.7 Å². The van der Waals surface area contributed by atoms with Gasteiger partial charge in [-0.05, 0) is 12.1 Å². The number of non-ortho nitro benzene ring substituents is 1. The van der Waals surface area contributed by atoms with Crippen molar-refractivity contribution in [3.63, 3.8) is 0 Å². The summed E-state index contributed by atoms with van der Waals surface area (Å²) in [6.07, 6.45) is -5.68. The van der Waals surface area contributed by atoms with Crippen molar-refractivity contribution in [2.24, 2.45) is 0 Å². The van der Waals surface area contributed by atoms with Gasteiger partial charge in [0.15, 0.2) is 18.1 Å². The van der Waals surface area contributed by atoms with Crippen LogP contribution >= 0.6 is 0 Å². The summed E-state index contributed by atoms with van der Waals surface area (Å²) in [6.45, 7) is -1.62. The van der Waals surface area contributed by atoms with Crippen LogP contribution < -0.4 is 19.5 Å². The number of halogens is 3. The Balaban J connectivity index is 1.93. The average Bonchev–Trinajstić information content (AvgIpc) is 3.00. The number of esters is 1. The maximum absolute atomic E-state index is 12.4. The molecular weight excluding hydrogens is 413 g/mol. The number of carbonyl (C=O) groups is 1. The van der Waals surface area contributed by atoms with Gasteiger partial charge in [-0.15, -0.1) is 0 Å². The third-order valence-electron chi connectivity index (χ3n) is 4.09.